The first kappa shape index (κ1) is 18.0. The third-order valence-corrected chi connectivity index (χ3v) is 4.35. The number of carboxylic acid groups (broad SMARTS) is 1. The molecule has 7 heteroatoms. The molecule has 3 rings (SSSR count). The van der Waals surface area contributed by atoms with Gasteiger partial charge in [0.2, 0.25) is 5.72 Å². The van der Waals surface area contributed by atoms with Crippen LogP contribution in [0.4, 0.5) is 0 Å². The Hall–Kier alpha value is -2.83. The number of carboxylic acids is 1. The van der Waals surface area contributed by atoms with Gasteiger partial charge in [-0.05, 0) is 36.2 Å². The summed E-state index contributed by atoms with van der Waals surface area (Å²) in [6.07, 6.45) is 0.135. The van der Waals surface area contributed by atoms with Crippen LogP contribution < -0.4 is 5.32 Å². The van der Waals surface area contributed by atoms with Crippen molar-refractivity contribution in [2.75, 3.05) is 0 Å². The van der Waals surface area contributed by atoms with Crippen molar-refractivity contribution in [1.82, 2.24) is 10.3 Å². The summed E-state index contributed by atoms with van der Waals surface area (Å²) in [4.78, 5) is 26.8. The normalized spacial score (nSPS) is 13.3. The van der Waals surface area contributed by atoms with E-state index in [9.17, 15) is 19.8 Å². The van der Waals surface area contributed by atoms with Gasteiger partial charge in [-0.15, -0.1) is 0 Å². The van der Waals surface area contributed by atoms with Crippen LogP contribution in [0.1, 0.15) is 22.5 Å². The molecule has 134 valence electrons. The van der Waals surface area contributed by atoms with Gasteiger partial charge in [0.05, 0.1) is 0 Å². The van der Waals surface area contributed by atoms with E-state index in [-0.39, 0.29) is 12.1 Å². The lowest BCUT2D eigenvalue weighted by Crippen LogP contribution is -2.55. The van der Waals surface area contributed by atoms with E-state index in [0.29, 0.717) is 22.3 Å². The van der Waals surface area contributed by atoms with E-state index in [2.05, 4.69) is 10.3 Å². The topological polar surface area (TPSA) is 102 Å². The third kappa shape index (κ3) is 3.87. The molecule has 0 aliphatic rings. The van der Waals surface area contributed by atoms with Crippen molar-refractivity contribution >= 4 is 34.4 Å². The number of fused-ring (bicyclic) bond motifs is 1. The lowest BCUT2D eigenvalue weighted by atomic mass is 10.0. The summed E-state index contributed by atoms with van der Waals surface area (Å²) in [7, 11) is 0. The monoisotopic (exact) mass is 372 g/mol. The third-order valence-electron chi connectivity index (χ3n) is 4.12. The zero-order valence-corrected chi connectivity index (χ0v) is 14.5. The van der Waals surface area contributed by atoms with Crippen LogP contribution in [0.5, 0.6) is 0 Å². The standard InChI is InChI=1S/C19H17ClN2O4/c20-14-6-7-15-13(10-14)11-16(21-15)17(23)22-19(26,18(24)25)9-8-12-4-2-1-3-5-12/h1-7,10-11,21,26H,8-9H2,(H,22,23)(H,24,25). The number of aromatic amines is 1. The van der Waals surface area contributed by atoms with Gasteiger partial charge in [-0.2, -0.15) is 0 Å². The van der Waals surface area contributed by atoms with Crippen LogP contribution in [0.15, 0.2) is 54.6 Å². The summed E-state index contributed by atoms with van der Waals surface area (Å²) in [5.74, 6) is -2.23. The smallest absolute Gasteiger partial charge is 0.357 e. The zero-order chi connectivity index (χ0) is 18.7. The lowest BCUT2D eigenvalue weighted by molar-refractivity contribution is -0.161. The maximum Gasteiger partial charge on any atom is 0.357 e. The summed E-state index contributed by atoms with van der Waals surface area (Å²) >= 11 is 5.92. The molecule has 0 bridgehead atoms. The first-order chi connectivity index (χ1) is 12.4. The number of rotatable bonds is 6. The molecule has 0 saturated carbocycles. The van der Waals surface area contributed by atoms with Crippen LogP contribution in [0.3, 0.4) is 0 Å². The minimum Gasteiger partial charge on any atom is -0.478 e. The van der Waals surface area contributed by atoms with Gasteiger partial charge in [-0.25, -0.2) is 4.79 Å². The van der Waals surface area contributed by atoms with Crippen molar-refractivity contribution in [2.24, 2.45) is 0 Å². The molecule has 6 nitrogen and oxygen atoms in total. The molecule has 1 unspecified atom stereocenters. The van der Waals surface area contributed by atoms with E-state index < -0.39 is 17.6 Å². The molecule has 3 aromatic rings. The van der Waals surface area contributed by atoms with Crippen LogP contribution in [-0.4, -0.2) is 32.8 Å². The van der Waals surface area contributed by atoms with Crippen molar-refractivity contribution in [2.45, 2.75) is 18.6 Å². The first-order valence-electron chi connectivity index (χ1n) is 7.98. The largest absolute Gasteiger partial charge is 0.478 e. The molecule has 26 heavy (non-hydrogen) atoms. The van der Waals surface area contributed by atoms with Gasteiger partial charge in [0.1, 0.15) is 5.69 Å². The second-order valence-corrected chi connectivity index (χ2v) is 6.46. The van der Waals surface area contributed by atoms with E-state index >= 15 is 0 Å². The summed E-state index contributed by atoms with van der Waals surface area (Å²) in [5.41, 5.74) is -0.687. The fraction of sp³-hybridized carbons (Fsp3) is 0.158. The van der Waals surface area contributed by atoms with Crippen molar-refractivity contribution in [1.29, 1.82) is 0 Å². The second-order valence-electron chi connectivity index (χ2n) is 6.02. The van der Waals surface area contributed by atoms with Gasteiger partial charge >= 0.3 is 5.97 Å². The van der Waals surface area contributed by atoms with E-state index in [1.807, 2.05) is 30.3 Å². The van der Waals surface area contributed by atoms with Gasteiger partial charge < -0.3 is 20.5 Å². The Morgan fingerprint density at radius 2 is 1.85 bits per heavy atom. The van der Waals surface area contributed by atoms with Gasteiger partial charge in [0.15, 0.2) is 0 Å². The number of halogens is 1. The molecular formula is C19H17ClN2O4. The number of nitrogens with one attached hydrogen (secondary N) is 2. The van der Waals surface area contributed by atoms with Gasteiger partial charge in [0.25, 0.3) is 5.91 Å². The average Bonchev–Trinajstić information content (AvgIpc) is 3.04. The van der Waals surface area contributed by atoms with Crippen LogP contribution >= 0.6 is 11.6 Å². The maximum atomic E-state index is 12.4. The molecule has 2 aromatic carbocycles. The highest BCUT2D eigenvalue weighted by Crippen LogP contribution is 2.21. The number of amides is 1. The summed E-state index contributed by atoms with van der Waals surface area (Å²) in [6, 6.07) is 15.8. The molecule has 0 spiro atoms. The summed E-state index contributed by atoms with van der Waals surface area (Å²) < 4.78 is 0. The fourth-order valence-corrected chi connectivity index (χ4v) is 2.85. The van der Waals surface area contributed by atoms with Gasteiger partial charge in [0, 0.05) is 22.3 Å². The highest BCUT2D eigenvalue weighted by molar-refractivity contribution is 6.31. The average molecular weight is 373 g/mol. The SMILES string of the molecule is O=C(NC(O)(CCc1ccccc1)C(=O)O)c1cc2cc(Cl)ccc2[nH]1. The Morgan fingerprint density at radius 3 is 2.54 bits per heavy atom. The quantitative estimate of drug-likeness (QED) is 0.499. The number of carbonyl (C=O) groups excluding carboxylic acids is 1. The number of hydrogen-bond acceptors (Lipinski definition) is 3. The Morgan fingerprint density at radius 1 is 1.12 bits per heavy atom. The molecule has 0 aliphatic heterocycles. The highest BCUT2D eigenvalue weighted by Gasteiger charge is 2.37. The molecule has 1 amide bonds. The molecule has 1 atom stereocenters. The van der Waals surface area contributed by atoms with E-state index in [0.717, 1.165) is 5.56 Å². The van der Waals surface area contributed by atoms with E-state index in [4.69, 9.17) is 11.6 Å². The Kier molecular flexibility index (Phi) is 4.97. The number of H-pyrrole nitrogens is 1. The molecule has 1 heterocycles. The minimum absolute atomic E-state index is 0.140. The van der Waals surface area contributed by atoms with Crippen LogP contribution in [0, 0.1) is 0 Å². The molecule has 0 fully saturated rings. The number of aromatic nitrogens is 1. The Labute approximate surface area is 154 Å². The predicted octanol–water partition coefficient (Wildman–Crippen LogP) is 2.96. The van der Waals surface area contributed by atoms with Crippen LogP contribution in [0.25, 0.3) is 10.9 Å². The zero-order valence-electron chi connectivity index (χ0n) is 13.7. The number of aryl methyl sites for hydroxylation is 1. The first-order valence-corrected chi connectivity index (χ1v) is 8.36. The Balaban J connectivity index is 1.77. The van der Waals surface area contributed by atoms with E-state index in [1.54, 1.807) is 24.3 Å². The minimum atomic E-state index is -2.37. The van der Waals surface area contributed by atoms with Crippen molar-refractivity contribution < 1.29 is 19.8 Å². The van der Waals surface area contributed by atoms with Crippen molar-refractivity contribution in [3.05, 3.63) is 70.9 Å². The molecule has 4 N–H and O–H groups in total. The number of benzene rings is 2. The maximum absolute atomic E-state index is 12.4. The highest BCUT2D eigenvalue weighted by atomic mass is 35.5. The molecule has 1 aromatic heterocycles. The molecule has 0 radical (unpaired) electrons. The fourth-order valence-electron chi connectivity index (χ4n) is 2.67. The van der Waals surface area contributed by atoms with E-state index in [1.165, 1.54) is 0 Å². The lowest BCUT2D eigenvalue weighted by Gasteiger charge is -2.24. The van der Waals surface area contributed by atoms with Crippen molar-refractivity contribution in [3.8, 4) is 0 Å². The predicted molar refractivity (Wildman–Crippen MR) is 98.1 cm³/mol. The second kappa shape index (κ2) is 7.19. The van der Waals surface area contributed by atoms with Crippen molar-refractivity contribution in [3.63, 3.8) is 0 Å². The number of hydrogen-bond donors (Lipinski definition) is 4. The molecule has 0 aliphatic carbocycles. The molecular weight excluding hydrogens is 356 g/mol. The molecule has 0 saturated heterocycles. The Bertz CT molecular complexity index is 955. The summed E-state index contributed by atoms with van der Waals surface area (Å²) in [5, 5.41) is 23.3. The summed E-state index contributed by atoms with van der Waals surface area (Å²) in [6.45, 7) is 0. The number of aliphatic hydroxyl groups is 1. The van der Waals surface area contributed by atoms with Gasteiger partial charge in [-0.3, -0.25) is 4.79 Å². The van der Waals surface area contributed by atoms with Crippen LogP contribution in [0.2, 0.25) is 5.02 Å². The van der Waals surface area contributed by atoms with Gasteiger partial charge in [-0.1, -0.05) is 41.9 Å². The number of carbonyl (C=O) groups is 2. The number of aliphatic carboxylic acids is 1. The van der Waals surface area contributed by atoms with Crippen LogP contribution in [-0.2, 0) is 11.2 Å².